The summed E-state index contributed by atoms with van der Waals surface area (Å²) in [5.74, 6) is -4.19. The summed E-state index contributed by atoms with van der Waals surface area (Å²) < 4.78 is 6.04. The number of fused-ring (bicyclic) bond motifs is 1. The van der Waals surface area contributed by atoms with Crippen LogP contribution < -0.4 is 25.6 Å². The molecule has 0 unspecified atom stereocenters. The van der Waals surface area contributed by atoms with E-state index in [0.29, 0.717) is 52.4 Å². The van der Waals surface area contributed by atoms with Crippen LogP contribution in [0.3, 0.4) is 0 Å². The summed E-state index contributed by atoms with van der Waals surface area (Å²) in [6.45, 7) is 1.66. The second-order valence-electron chi connectivity index (χ2n) is 13.2. The number of nitrogens with zero attached hydrogens (tertiary/aromatic N) is 1. The first-order valence-corrected chi connectivity index (χ1v) is 20.3. The number of aliphatic hydroxyl groups is 2. The molecule has 0 saturated heterocycles. The lowest BCUT2D eigenvalue weighted by atomic mass is 9.77. The van der Waals surface area contributed by atoms with Crippen molar-refractivity contribution in [2.24, 2.45) is 5.41 Å². The number of unbranched alkanes of at least 4 members (excludes halogenated alkanes) is 2. The SMILES string of the molecule is CCCCC1(CCCC)C(=O)Sc2cc(OCC(=O)N[C@@H](C(=O)N[C@H](CO)C(=O)N[C@H](CO)C(=O)O)c3ccccc3)c(SC)cc2N(c2ccccc2)C1=O. The lowest BCUT2D eigenvalue weighted by Crippen LogP contribution is -2.55. The Morgan fingerprint density at radius 1 is 0.839 bits per heavy atom. The predicted molar refractivity (Wildman–Crippen MR) is 213 cm³/mol. The Morgan fingerprint density at radius 2 is 1.43 bits per heavy atom. The number of ether oxygens (including phenoxy) is 1. The monoisotopic (exact) mass is 808 g/mol. The van der Waals surface area contributed by atoms with E-state index in [1.165, 1.54) is 11.8 Å². The number of nitrogens with one attached hydrogen (secondary N) is 3. The van der Waals surface area contributed by atoms with E-state index in [0.717, 1.165) is 24.6 Å². The summed E-state index contributed by atoms with van der Waals surface area (Å²) in [4.78, 5) is 82.6. The summed E-state index contributed by atoms with van der Waals surface area (Å²) in [6.07, 6.45) is 5.67. The number of carboxylic acid groups (broad SMARTS) is 1. The Bertz CT molecular complexity index is 1860. The van der Waals surface area contributed by atoms with Gasteiger partial charge in [-0.2, -0.15) is 0 Å². The number of carboxylic acids is 1. The first-order valence-electron chi connectivity index (χ1n) is 18.3. The van der Waals surface area contributed by atoms with Crippen LogP contribution in [0.1, 0.15) is 64.0 Å². The first kappa shape index (κ1) is 43.8. The minimum atomic E-state index is -1.67. The molecule has 56 heavy (non-hydrogen) atoms. The number of carbonyl (C=O) groups is 6. The van der Waals surface area contributed by atoms with Gasteiger partial charge in [0.25, 0.3) is 5.91 Å². The maximum absolute atomic E-state index is 14.7. The summed E-state index contributed by atoms with van der Waals surface area (Å²) >= 11 is 2.32. The standard InChI is InChI=1S/C40H48N4O10S2/c1-4-6-18-40(19-7-5-2)38(52)44(26-16-12-9-13-17-26)29-20-32(55-3)30(21-31(29)56-39(40)53)54-24-33(47)43-34(25-14-10-8-11-15-25)36(49)41-27(22-45)35(48)42-28(23-46)37(50)51/h8-17,20-21,27-28,34,45-46H,4-7,18-19,22-24H2,1-3H3,(H,41,49)(H,42,48)(H,43,47)(H,50,51)/t27-,28-,34-/m1/s1. The normalized spacial score (nSPS) is 15.1. The highest BCUT2D eigenvalue weighted by Crippen LogP contribution is 2.51. The lowest BCUT2D eigenvalue weighted by Gasteiger charge is -2.34. The number of para-hydroxylation sites is 1. The fourth-order valence-corrected chi connectivity index (χ4v) is 7.86. The van der Waals surface area contributed by atoms with Crippen LogP contribution >= 0.6 is 23.5 Å². The summed E-state index contributed by atoms with van der Waals surface area (Å²) in [5, 5.41) is 35.0. The van der Waals surface area contributed by atoms with Gasteiger partial charge in [0.15, 0.2) is 6.61 Å². The van der Waals surface area contributed by atoms with Crippen LogP contribution in [0.4, 0.5) is 11.4 Å². The lowest BCUT2D eigenvalue weighted by molar-refractivity contribution is -0.143. The molecule has 1 heterocycles. The Hall–Kier alpha value is -4.90. The summed E-state index contributed by atoms with van der Waals surface area (Å²) in [5.41, 5.74) is 0.227. The third-order valence-corrected chi connectivity index (χ3v) is 11.2. The molecule has 16 heteroatoms. The van der Waals surface area contributed by atoms with Crippen molar-refractivity contribution < 1.29 is 48.8 Å². The van der Waals surface area contributed by atoms with E-state index in [-0.39, 0.29) is 16.8 Å². The van der Waals surface area contributed by atoms with Gasteiger partial charge in [0.1, 0.15) is 29.3 Å². The van der Waals surface area contributed by atoms with Gasteiger partial charge < -0.3 is 36.0 Å². The Labute approximate surface area is 334 Å². The molecule has 0 aromatic heterocycles. The maximum Gasteiger partial charge on any atom is 0.328 e. The molecular weight excluding hydrogens is 761 g/mol. The highest BCUT2D eigenvalue weighted by Gasteiger charge is 2.50. The number of aliphatic hydroxyl groups excluding tert-OH is 2. The van der Waals surface area contributed by atoms with Crippen molar-refractivity contribution >= 4 is 69.6 Å². The number of carbonyl (C=O) groups excluding carboxylic acids is 5. The van der Waals surface area contributed by atoms with Crippen molar-refractivity contribution in [3.8, 4) is 5.75 Å². The van der Waals surface area contributed by atoms with Crippen molar-refractivity contribution in [1.82, 2.24) is 16.0 Å². The van der Waals surface area contributed by atoms with Crippen LogP contribution in [0, 0.1) is 5.41 Å². The topological polar surface area (TPSA) is 212 Å². The minimum Gasteiger partial charge on any atom is -0.483 e. The summed E-state index contributed by atoms with van der Waals surface area (Å²) in [7, 11) is 0. The van der Waals surface area contributed by atoms with E-state index in [2.05, 4.69) is 10.6 Å². The van der Waals surface area contributed by atoms with Crippen LogP contribution in [0.2, 0.25) is 0 Å². The number of rotatable bonds is 20. The van der Waals surface area contributed by atoms with Gasteiger partial charge in [-0.15, -0.1) is 11.8 Å². The molecule has 6 N–H and O–H groups in total. The van der Waals surface area contributed by atoms with Gasteiger partial charge >= 0.3 is 5.97 Å². The zero-order valence-electron chi connectivity index (χ0n) is 31.5. The van der Waals surface area contributed by atoms with Gasteiger partial charge in [0.2, 0.25) is 22.8 Å². The largest absolute Gasteiger partial charge is 0.483 e. The van der Waals surface area contributed by atoms with Gasteiger partial charge in [-0.1, -0.05) is 88.1 Å². The average Bonchev–Trinajstić information content (AvgIpc) is 3.29. The number of aliphatic carboxylic acids is 1. The molecule has 4 amide bonds. The molecular formula is C40H48N4O10S2. The van der Waals surface area contributed by atoms with Gasteiger partial charge in [0.05, 0.1) is 23.8 Å². The molecule has 14 nitrogen and oxygen atoms in total. The molecule has 4 rings (SSSR count). The van der Waals surface area contributed by atoms with Crippen molar-refractivity contribution in [3.63, 3.8) is 0 Å². The van der Waals surface area contributed by atoms with Crippen molar-refractivity contribution in [1.29, 1.82) is 0 Å². The maximum atomic E-state index is 14.7. The van der Waals surface area contributed by atoms with Gasteiger partial charge in [0, 0.05) is 10.6 Å². The number of hydrogen-bond acceptors (Lipinski definition) is 11. The third kappa shape index (κ3) is 10.5. The minimum absolute atomic E-state index is 0.244. The van der Waals surface area contributed by atoms with Crippen molar-refractivity contribution in [2.45, 2.75) is 80.3 Å². The summed E-state index contributed by atoms with van der Waals surface area (Å²) in [6, 6.07) is 16.1. The molecule has 3 aromatic rings. The molecule has 0 spiro atoms. The molecule has 3 atom stereocenters. The number of hydrogen-bond donors (Lipinski definition) is 6. The quantitative estimate of drug-likeness (QED) is 0.0695. The van der Waals surface area contributed by atoms with Gasteiger partial charge in [-0.05, 0) is 60.7 Å². The van der Waals surface area contributed by atoms with E-state index in [4.69, 9.17) is 4.74 Å². The number of anilines is 2. The second kappa shape index (κ2) is 20.9. The van der Waals surface area contributed by atoms with Crippen LogP contribution in [-0.2, 0) is 28.8 Å². The molecule has 300 valence electrons. The van der Waals surface area contributed by atoms with E-state index >= 15 is 0 Å². The highest BCUT2D eigenvalue weighted by molar-refractivity contribution is 8.14. The fraction of sp³-hybridized carbons (Fsp3) is 0.400. The molecule has 1 aliphatic rings. The van der Waals surface area contributed by atoms with E-state index in [9.17, 15) is 44.1 Å². The molecule has 3 aromatic carbocycles. The van der Waals surface area contributed by atoms with Crippen LogP contribution in [0.25, 0.3) is 0 Å². The Morgan fingerprint density at radius 3 is 1.98 bits per heavy atom. The fourth-order valence-electron chi connectivity index (χ4n) is 6.20. The van der Waals surface area contributed by atoms with Crippen LogP contribution in [0.15, 0.2) is 82.6 Å². The highest BCUT2D eigenvalue weighted by atomic mass is 32.2. The van der Waals surface area contributed by atoms with Gasteiger partial charge in [-0.3, -0.25) is 28.9 Å². The third-order valence-electron chi connectivity index (χ3n) is 9.29. The van der Waals surface area contributed by atoms with Crippen LogP contribution in [0.5, 0.6) is 5.75 Å². The molecule has 0 saturated carbocycles. The zero-order valence-corrected chi connectivity index (χ0v) is 33.1. The van der Waals surface area contributed by atoms with Gasteiger partial charge in [-0.25, -0.2) is 4.79 Å². The number of amides is 4. The first-order chi connectivity index (χ1) is 26.9. The molecule has 0 bridgehead atoms. The molecule has 0 aliphatic carbocycles. The number of thioether (sulfide) groups is 2. The molecule has 1 aliphatic heterocycles. The molecule has 0 fully saturated rings. The number of benzene rings is 3. The Kier molecular flexibility index (Phi) is 16.3. The van der Waals surface area contributed by atoms with Crippen LogP contribution in [-0.4, -0.2) is 88.2 Å². The average molecular weight is 809 g/mol. The zero-order chi connectivity index (χ0) is 40.8. The van der Waals surface area contributed by atoms with Crippen molar-refractivity contribution in [2.75, 3.05) is 31.0 Å². The van der Waals surface area contributed by atoms with E-state index in [1.54, 1.807) is 47.4 Å². The smallest absolute Gasteiger partial charge is 0.328 e. The second-order valence-corrected chi connectivity index (χ2v) is 15.0. The van der Waals surface area contributed by atoms with E-state index in [1.807, 2.05) is 55.8 Å². The van der Waals surface area contributed by atoms with E-state index < -0.39 is 67.1 Å². The Balaban J connectivity index is 1.62. The van der Waals surface area contributed by atoms with Crippen molar-refractivity contribution in [3.05, 3.63) is 78.4 Å². The molecule has 0 radical (unpaired) electrons. The predicted octanol–water partition coefficient (Wildman–Crippen LogP) is 4.35.